The van der Waals surface area contributed by atoms with Crippen LogP contribution in [0.3, 0.4) is 0 Å². The van der Waals surface area contributed by atoms with Crippen LogP contribution in [0.25, 0.3) is 16.5 Å². The van der Waals surface area contributed by atoms with Gasteiger partial charge in [0.05, 0.1) is 29.4 Å². The largest absolute Gasteiger partial charge is 0.492 e. The Kier molecular flexibility index (Phi) is 5.02. The maximum Gasteiger partial charge on any atom is 0.230 e. The molecule has 1 N–H and O–H groups in total. The molecule has 30 heavy (non-hydrogen) atoms. The van der Waals surface area contributed by atoms with Crippen LogP contribution in [-0.2, 0) is 4.74 Å². The third-order valence-electron chi connectivity index (χ3n) is 5.20. The quantitative estimate of drug-likeness (QED) is 0.495. The second-order valence-electron chi connectivity index (χ2n) is 7.53. The number of aromatic nitrogens is 3. The van der Waals surface area contributed by atoms with Gasteiger partial charge in [-0.05, 0) is 37.6 Å². The van der Waals surface area contributed by atoms with Gasteiger partial charge in [0.2, 0.25) is 16.7 Å². The van der Waals surface area contributed by atoms with Crippen molar-refractivity contribution >= 4 is 27.9 Å². The van der Waals surface area contributed by atoms with E-state index in [-0.39, 0.29) is 24.1 Å². The number of hydrogen-bond acceptors (Lipinski definition) is 7. The zero-order valence-corrected chi connectivity index (χ0v) is 18.1. The molecule has 0 radical (unpaired) electrons. The zero-order chi connectivity index (χ0) is 20.8. The number of fused-ring (bicyclic) bond motifs is 1. The molecule has 1 aliphatic heterocycles. The van der Waals surface area contributed by atoms with E-state index in [0.29, 0.717) is 21.6 Å². The molecule has 3 atom stereocenters. The van der Waals surface area contributed by atoms with Crippen LogP contribution < -0.4 is 0 Å². The summed E-state index contributed by atoms with van der Waals surface area (Å²) >= 11 is 8.00. The van der Waals surface area contributed by atoms with Gasteiger partial charge in [-0.2, -0.15) is 9.50 Å². The van der Waals surface area contributed by atoms with E-state index >= 15 is 0 Å². The molecule has 9 heteroatoms. The van der Waals surface area contributed by atoms with Crippen LogP contribution >= 0.6 is 22.9 Å². The number of hydrogen-bond donors (Lipinski definition) is 1. The molecule has 0 spiro atoms. The summed E-state index contributed by atoms with van der Waals surface area (Å²) in [6.45, 7) is 5.57. The molecule has 3 aromatic heterocycles. The van der Waals surface area contributed by atoms with Crippen molar-refractivity contribution in [3.8, 4) is 17.5 Å². The lowest BCUT2D eigenvalue weighted by atomic mass is 10.0. The summed E-state index contributed by atoms with van der Waals surface area (Å²) in [6, 6.07) is 11.1. The van der Waals surface area contributed by atoms with Crippen LogP contribution in [0.4, 0.5) is 0 Å². The van der Waals surface area contributed by atoms with Crippen molar-refractivity contribution < 1.29 is 14.3 Å². The summed E-state index contributed by atoms with van der Waals surface area (Å²) < 4.78 is 12.8. The van der Waals surface area contributed by atoms with E-state index in [2.05, 4.69) is 28.8 Å². The van der Waals surface area contributed by atoms with Gasteiger partial charge < -0.3 is 14.3 Å². The Morgan fingerprint density at radius 2 is 1.93 bits per heavy atom. The number of benzene rings is 1. The highest BCUT2D eigenvalue weighted by Crippen LogP contribution is 2.43. The fourth-order valence-corrected chi connectivity index (χ4v) is 5.41. The number of halogens is 1. The number of furan rings is 1. The molecule has 1 aromatic carbocycles. The SMILES string of the molecule is C[C@H]1CN([C@@H](c2ccccc2Cl)c2sc3nc(-c4ccco4)nn3c2O)C[C@H](C)O1. The number of aromatic hydroxyl groups is 1. The number of rotatable bonds is 4. The van der Waals surface area contributed by atoms with Crippen LogP contribution in [0.15, 0.2) is 47.1 Å². The normalized spacial score (nSPS) is 21.3. The third kappa shape index (κ3) is 3.39. The lowest BCUT2D eigenvalue weighted by molar-refractivity contribution is -0.0764. The Balaban J connectivity index is 1.62. The predicted octanol–water partition coefficient (Wildman–Crippen LogP) is 4.61. The van der Waals surface area contributed by atoms with Gasteiger partial charge in [-0.3, -0.25) is 4.90 Å². The Morgan fingerprint density at radius 1 is 1.17 bits per heavy atom. The van der Waals surface area contributed by atoms with Crippen LogP contribution in [-0.4, -0.2) is 49.9 Å². The number of morpholine rings is 1. The van der Waals surface area contributed by atoms with Crippen molar-refractivity contribution in [2.75, 3.05) is 13.1 Å². The molecule has 4 heterocycles. The number of ether oxygens (including phenoxy) is 1. The molecule has 1 saturated heterocycles. The molecule has 0 saturated carbocycles. The third-order valence-corrected chi connectivity index (χ3v) is 6.62. The first kappa shape index (κ1) is 19.6. The second kappa shape index (κ2) is 7.70. The summed E-state index contributed by atoms with van der Waals surface area (Å²) in [5.41, 5.74) is 0.937. The van der Waals surface area contributed by atoms with E-state index in [1.54, 1.807) is 18.4 Å². The van der Waals surface area contributed by atoms with Gasteiger partial charge in [0.15, 0.2) is 5.76 Å². The molecule has 156 valence electrons. The highest BCUT2D eigenvalue weighted by atomic mass is 35.5. The first-order valence-corrected chi connectivity index (χ1v) is 11.0. The lowest BCUT2D eigenvalue weighted by Crippen LogP contribution is -2.47. The summed E-state index contributed by atoms with van der Waals surface area (Å²) in [4.78, 5) is 8.21. The topological polar surface area (TPSA) is 76.0 Å². The van der Waals surface area contributed by atoms with E-state index in [4.69, 9.17) is 20.8 Å². The van der Waals surface area contributed by atoms with E-state index in [1.807, 2.05) is 24.3 Å². The minimum absolute atomic E-state index is 0.0667. The molecule has 0 amide bonds. The fourth-order valence-electron chi connectivity index (χ4n) is 4.07. The van der Waals surface area contributed by atoms with Crippen LogP contribution in [0.2, 0.25) is 5.02 Å². The molecule has 4 aromatic rings. The van der Waals surface area contributed by atoms with Gasteiger partial charge in [0, 0.05) is 18.1 Å². The maximum atomic E-state index is 11.1. The molecule has 5 rings (SSSR count). The minimum atomic E-state index is -0.229. The highest BCUT2D eigenvalue weighted by Gasteiger charge is 2.35. The molecule has 0 unspecified atom stereocenters. The molecule has 0 bridgehead atoms. The van der Waals surface area contributed by atoms with Crippen molar-refractivity contribution in [3.63, 3.8) is 0 Å². The predicted molar refractivity (Wildman–Crippen MR) is 115 cm³/mol. The standard InChI is InChI=1S/C21H21ClN4O3S/c1-12-10-25(11-13(2)29-12)17(14-6-3-4-7-15(14)22)18-20(27)26-21(30-18)23-19(24-26)16-8-5-9-28-16/h3-9,12-13,17,27H,10-11H2,1-2H3/t12-,13-,17-/m0/s1. The van der Waals surface area contributed by atoms with Crippen molar-refractivity contribution in [1.29, 1.82) is 0 Å². The van der Waals surface area contributed by atoms with E-state index < -0.39 is 0 Å². The molecular formula is C21H21ClN4O3S. The van der Waals surface area contributed by atoms with E-state index in [1.165, 1.54) is 15.9 Å². The zero-order valence-electron chi connectivity index (χ0n) is 16.5. The molecule has 7 nitrogen and oxygen atoms in total. The average molecular weight is 445 g/mol. The first-order chi connectivity index (χ1) is 14.5. The molecular weight excluding hydrogens is 424 g/mol. The Bertz CT molecular complexity index is 1160. The van der Waals surface area contributed by atoms with E-state index in [0.717, 1.165) is 23.5 Å². The van der Waals surface area contributed by atoms with Crippen LogP contribution in [0.1, 0.15) is 30.3 Å². The van der Waals surface area contributed by atoms with Gasteiger partial charge in [-0.15, -0.1) is 5.10 Å². The van der Waals surface area contributed by atoms with Crippen molar-refractivity contribution in [1.82, 2.24) is 19.5 Å². The number of thiazole rings is 1. The highest BCUT2D eigenvalue weighted by molar-refractivity contribution is 7.17. The van der Waals surface area contributed by atoms with Crippen molar-refractivity contribution in [2.45, 2.75) is 32.1 Å². The van der Waals surface area contributed by atoms with Gasteiger partial charge >= 0.3 is 0 Å². The Hall–Kier alpha value is -2.39. The molecule has 0 aliphatic carbocycles. The van der Waals surface area contributed by atoms with E-state index in [9.17, 15) is 5.11 Å². The Labute approximate surface area is 182 Å². The fraction of sp³-hybridized carbons (Fsp3) is 0.333. The van der Waals surface area contributed by atoms with Crippen molar-refractivity contribution in [3.05, 3.63) is 58.1 Å². The van der Waals surface area contributed by atoms with Crippen LogP contribution in [0.5, 0.6) is 5.88 Å². The summed E-state index contributed by atoms with van der Waals surface area (Å²) in [7, 11) is 0. The molecule has 1 fully saturated rings. The van der Waals surface area contributed by atoms with Crippen LogP contribution in [0, 0.1) is 0 Å². The second-order valence-corrected chi connectivity index (χ2v) is 8.95. The Morgan fingerprint density at radius 3 is 2.60 bits per heavy atom. The number of nitrogens with zero attached hydrogens (tertiary/aromatic N) is 4. The van der Waals surface area contributed by atoms with Gasteiger partial charge in [0.1, 0.15) is 0 Å². The lowest BCUT2D eigenvalue weighted by Gasteiger charge is -2.40. The summed E-state index contributed by atoms with van der Waals surface area (Å²) in [5, 5.41) is 16.2. The van der Waals surface area contributed by atoms with Crippen molar-refractivity contribution in [2.24, 2.45) is 0 Å². The minimum Gasteiger partial charge on any atom is -0.492 e. The van der Waals surface area contributed by atoms with Gasteiger partial charge in [0.25, 0.3) is 0 Å². The maximum absolute atomic E-state index is 11.1. The monoisotopic (exact) mass is 444 g/mol. The molecule has 1 aliphatic rings. The van der Waals surface area contributed by atoms with Gasteiger partial charge in [-0.1, -0.05) is 41.1 Å². The summed E-state index contributed by atoms with van der Waals surface area (Å²) in [5.74, 6) is 1.07. The first-order valence-electron chi connectivity index (χ1n) is 9.77. The smallest absolute Gasteiger partial charge is 0.230 e. The summed E-state index contributed by atoms with van der Waals surface area (Å²) in [6.07, 6.45) is 1.73. The van der Waals surface area contributed by atoms with Gasteiger partial charge in [-0.25, -0.2) is 0 Å². The average Bonchev–Trinajstić information content (AvgIpc) is 3.42.